The molecule has 130 valence electrons. The smallest absolute Gasteiger partial charge is 0.209 e. The summed E-state index contributed by atoms with van der Waals surface area (Å²) in [5, 5.41) is 7.56. The van der Waals surface area contributed by atoms with Gasteiger partial charge in [0.1, 0.15) is 11.5 Å². The molecule has 8 heteroatoms. The molecule has 0 aromatic carbocycles. The topological polar surface area (TPSA) is 97.1 Å². The summed E-state index contributed by atoms with van der Waals surface area (Å²) >= 11 is 0. The van der Waals surface area contributed by atoms with E-state index >= 15 is 0 Å². The zero-order valence-corrected chi connectivity index (χ0v) is 14.7. The lowest BCUT2D eigenvalue weighted by Gasteiger charge is -2.23. The molecule has 7 nitrogen and oxygen atoms in total. The summed E-state index contributed by atoms with van der Waals surface area (Å²) in [6.45, 7) is 2.94. The maximum atomic E-state index is 11.3. The van der Waals surface area contributed by atoms with Crippen LogP contribution >= 0.6 is 0 Å². The van der Waals surface area contributed by atoms with E-state index in [0.29, 0.717) is 11.7 Å². The number of hydrogen-bond acceptors (Lipinski definition) is 6. The molecule has 3 rings (SSSR count). The highest BCUT2D eigenvalue weighted by molar-refractivity contribution is 7.88. The Morgan fingerprint density at radius 3 is 2.92 bits per heavy atom. The van der Waals surface area contributed by atoms with Gasteiger partial charge < -0.3 is 9.84 Å². The van der Waals surface area contributed by atoms with Crippen LogP contribution < -0.4 is 10.0 Å². The van der Waals surface area contributed by atoms with Crippen LogP contribution in [0, 0.1) is 6.92 Å². The number of aryl methyl sites for hydroxylation is 2. The van der Waals surface area contributed by atoms with E-state index in [1.807, 2.05) is 6.07 Å². The first-order valence-electron chi connectivity index (χ1n) is 7.97. The van der Waals surface area contributed by atoms with Gasteiger partial charge in [-0.3, -0.25) is 4.98 Å². The molecule has 24 heavy (non-hydrogen) atoms. The Bertz CT molecular complexity index is 816. The number of fused-ring (bicyclic) bond motifs is 1. The minimum absolute atomic E-state index is 0.170. The summed E-state index contributed by atoms with van der Waals surface area (Å²) in [7, 11) is -3.25. The molecule has 1 atom stereocenters. The fourth-order valence-corrected chi connectivity index (χ4v) is 3.32. The van der Waals surface area contributed by atoms with Crippen LogP contribution in [0.15, 0.2) is 22.9 Å². The van der Waals surface area contributed by atoms with E-state index in [9.17, 15) is 8.42 Å². The van der Waals surface area contributed by atoms with Gasteiger partial charge in [-0.2, -0.15) is 0 Å². The average Bonchev–Trinajstić information content (AvgIpc) is 2.94. The predicted octanol–water partition coefficient (Wildman–Crippen LogP) is 1.07. The average molecular weight is 350 g/mol. The summed E-state index contributed by atoms with van der Waals surface area (Å²) in [5.74, 6) is 0.868. The molecular weight excluding hydrogens is 328 g/mol. The second-order valence-corrected chi connectivity index (χ2v) is 8.04. The minimum atomic E-state index is -3.25. The van der Waals surface area contributed by atoms with Gasteiger partial charge >= 0.3 is 0 Å². The molecule has 0 aliphatic heterocycles. The largest absolute Gasteiger partial charge is 0.361 e. The lowest BCUT2D eigenvalue weighted by molar-refractivity contribution is 0.350. The number of hydrogen-bond donors (Lipinski definition) is 2. The molecule has 0 fully saturated rings. The van der Waals surface area contributed by atoms with Crippen LogP contribution in [0.2, 0.25) is 0 Å². The highest BCUT2D eigenvalue weighted by atomic mass is 32.2. The number of rotatable bonds is 6. The SMILES string of the molecule is Cc1cccnc1CNC1CCc2onc(CNS(C)(=O)=O)c2C1. The van der Waals surface area contributed by atoms with E-state index in [1.54, 1.807) is 6.20 Å². The maximum Gasteiger partial charge on any atom is 0.209 e. The summed E-state index contributed by atoms with van der Waals surface area (Å²) < 4.78 is 30.4. The van der Waals surface area contributed by atoms with E-state index < -0.39 is 10.0 Å². The van der Waals surface area contributed by atoms with Crippen molar-refractivity contribution in [1.82, 2.24) is 20.2 Å². The monoisotopic (exact) mass is 350 g/mol. The van der Waals surface area contributed by atoms with Crippen molar-refractivity contribution in [3.05, 3.63) is 46.6 Å². The Hall–Kier alpha value is -1.77. The third kappa shape index (κ3) is 4.19. The summed E-state index contributed by atoms with van der Waals surface area (Å²) in [4.78, 5) is 4.40. The number of sulfonamides is 1. The van der Waals surface area contributed by atoms with Gasteiger partial charge in [-0.05, 0) is 31.4 Å². The van der Waals surface area contributed by atoms with Crippen molar-refractivity contribution in [2.24, 2.45) is 0 Å². The fraction of sp³-hybridized carbons (Fsp3) is 0.500. The van der Waals surface area contributed by atoms with Crippen LogP contribution in [0.5, 0.6) is 0 Å². The zero-order valence-electron chi connectivity index (χ0n) is 13.9. The molecule has 0 amide bonds. The number of nitrogens with one attached hydrogen (secondary N) is 2. The van der Waals surface area contributed by atoms with Gasteiger partial charge in [0.05, 0.1) is 18.5 Å². The summed E-state index contributed by atoms with van der Waals surface area (Å²) in [6.07, 6.45) is 5.50. The van der Waals surface area contributed by atoms with Crippen molar-refractivity contribution >= 4 is 10.0 Å². The second kappa shape index (κ2) is 7.00. The van der Waals surface area contributed by atoms with Crippen LogP contribution in [0.3, 0.4) is 0 Å². The van der Waals surface area contributed by atoms with Crippen LogP contribution in [0.25, 0.3) is 0 Å². The van der Waals surface area contributed by atoms with E-state index in [1.165, 1.54) is 5.56 Å². The molecule has 0 radical (unpaired) electrons. The van der Waals surface area contributed by atoms with Gasteiger partial charge in [0, 0.05) is 30.8 Å². The molecule has 1 aliphatic rings. The number of nitrogens with zero attached hydrogens (tertiary/aromatic N) is 2. The molecule has 2 N–H and O–H groups in total. The lowest BCUT2D eigenvalue weighted by Crippen LogP contribution is -2.34. The number of aromatic nitrogens is 2. The molecule has 0 spiro atoms. The fourth-order valence-electron chi connectivity index (χ4n) is 2.92. The molecular formula is C16H22N4O3S. The normalized spacial score (nSPS) is 17.7. The first kappa shape index (κ1) is 17.1. The van der Waals surface area contributed by atoms with Crippen LogP contribution in [0.1, 0.15) is 34.7 Å². The Morgan fingerprint density at radius 1 is 1.33 bits per heavy atom. The van der Waals surface area contributed by atoms with Crippen LogP contribution in [-0.4, -0.2) is 30.9 Å². The predicted molar refractivity (Wildman–Crippen MR) is 89.8 cm³/mol. The van der Waals surface area contributed by atoms with Gasteiger partial charge in [-0.15, -0.1) is 0 Å². The third-order valence-corrected chi connectivity index (χ3v) is 4.97. The highest BCUT2D eigenvalue weighted by Crippen LogP contribution is 2.25. The van der Waals surface area contributed by atoms with Crippen LogP contribution in [0.4, 0.5) is 0 Å². The quantitative estimate of drug-likeness (QED) is 0.809. The van der Waals surface area contributed by atoms with Gasteiger partial charge in [0.2, 0.25) is 10.0 Å². The van der Waals surface area contributed by atoms with Gasteiger partial charge in [0.25, 0.3) is 0 Å². The highest BCUT2D eigenvalue weighted by Gasteiger charge is 2.25. The van der Waals surface area contributed by atoms with E-state index in [2.05, 4.69) is 33.2 Å². The van der Waals surface area contributed by atoms with Crippen molar-refractivity contribution in [3.8, 4) is 0 Å². The molecule has 2 aromatic heterocycles. The Kier molecular flexibility index (Phi) is 4.98. The molecule has 2 aromatic rings. The van der Waals surface area contributed by atoms with Crippen molar-refractivity contribution in [2.45, 2.75) is 45.3 Å². The van der Waals surface area contributed by atoms with Gasteiger partial charge in [-0.25, -0.2) is 13.1 Å². The molecule has 0 bridgehead atoms. The first-order valence-corrected chi connectivity index (χ1v) is 9.86. The standard InChI is InChI=1S/C16H22N4O3S/c1-11-4-3-7-17-14(11)9-18-12-5-6-16-13(8-12)15(20-23-16)10-19-24(2,21)22/h3-4,7,12,18-19H,5-6,8-10H2,1-2H3. The molecule has 1 aliphatic carbocycles. The molecule has 0 saturated heterocycles. The third-order valence-electron chi connectivity index (χ3n) is 4.30. The molecule has 0 saturated carbocycles. The maximum absolute atomic E-state index is 11.3. The Morgan fingerprint density at radius 2 is 2.17 bits per heavy atom. The van der Waals surface area contributed by atoms with Crippen molar-refractivity contribution in [1.29, 1.82) is 0 Å². The molecule has 1 unspecified atom stereocenters. The van der Waals surface area contributed by atoms with Crippen molar-refractivity contribution < 1.29 is 12.9 Å². The van der Waals surface area contributed by atoms with Gasteiger partial charge in [0.15, 0.2) is 0 Å². The van der Waals surface area contributed by atoms with E-state index in [-0.39, 0.29) is 6.54 Å². The Balaban J connectivity index is 1.63. The van der Waals surface area contributed by atoms with Crippen molar-refractivity contribution in [2.75, 3.05) is 6.26 Å². The van der Waals surface area contributed by atoms with E-state index in [0.717, 1.165) is 49.1 Å². The lowest BCUT2D eigenvalue weighted by atomic mass is 9.92. The number of pyridine rings is 1. The van der Waals surface area contributed by atoms with Crippen molar-refractivity contribution in [3.63, 3.8) is 0 Å². The van der Waals surface area contributed by atoms with E-state index in [4.69, 9.17) is 4.52 Å². The zero-order chi connectivity index (χ0) is 17.2. The minimum Gasteiger partial charge on any atom is -0.361 e. The molecule has 2 heterocycles. The summed E-state index contributed by atoms with van der Waals surface area (Å²) in [6, 6.07) is 4.29. The summed E-state index contributed by atoms with van der Waals surface area (Å²) in [5.41, 5.74) is 3.92. The second-order valence-electron chi connectivity index (χ2n) is 6.21. The first-order chi connectivity index (χ1) is 11.4. The van der Waals surface area contributed by atoms with Gasteiger partial charge in [-0.1, -0.05) is 11.2 Å². The Labute approximate surface area is 141 Å². The van der Waals surface area contributed by atoms with Crippen LogP contribution in [-0.2, 0) is 36.0 Å².